The highest BCUT2D eigenvalue weighted by Gasteiger charge is 2.05. The van der Waals surface area contributed by atoms with Gasteiger partial charge < -0.3 is 9.84 Å². The summed E-state index contributed by atoms with van der Waals surface area (Å²) >= 11 is 3.47. The van der Waals surface area contributed by atoms with Crippen LogP contribution >= 0.6 is 15.9 Å². The van der Waals surface area contributed by atoms with Crippen molar-refractivity contribution in [3.8, 4) is 0 Å². The van der Waals surface area contributed by atoms with Crippen LogP contribution < -0.4 is 5.32 Å². The summed E-state index contributed by atoms with van der Waals surface area (Å²) in [7, 11) is 0. The summed E-state index contributed by atoms with van der Waals surface area (Å²) in [5, 5.41) is 7.07. The minimum absolute atomic E-state index is 0.299. The summed E-state index contributed by atoms with van der Waals surface area (Å²) < 4.78 is 5.87. The molecular formula is C12H13BrN2O. The zero-order chi connectivity index (χ0) is 11.4. The highest BCUT2D eigenvalue weighted by atomic mass is 79.9. The molecule has 0 amide bonds. The lowest BCUT2D eigenvalue weighted by atomic mass is 10.1. The van der Waals surface area contributed by atoms with Crippen molar-refractivity contribution in [2.24, 2.45) is 0 Å². The number of benzene rings is 1. The minimum atomic E-state index is 0.299. The summed E-state index contributed by atoms with van der Waals surface area (Å²) in [5.41, 5.74) is 2.31. The van der Waals surface area contributed by atoms with Gasteiger partial charge in [0.25, 0.3) is 0 Å². The lowest BCUT2D eigenvalue weighted by Gasteiger charge is -2.13. The first-order valence-electron chi connectivity index (χ1n) is 5.13. The number of aromatic nitrogens is 1. The number of nitrogens with zero attached hydrogens (tertiary/aromatic N) is 1. The molecule has 0 fully saturated rings. The Labute approximate surface area is 103 Å². The maximum atomic E-state index is 4.77. The number of hydrogen-bond donors (Lipinski definition) is 1. The van der Waals surface area contributed by atoms with E-state index in [1.165, 1.54) is 5.56 Å². The molecule has 0 bridgehead atoms. The van der Waals surface area contributed by atoms with Crippen molar-refractivity contribution >= 4 is 15.9 Å². The van der Waals surface area contributed by atoms with E-state index < -0.39 is 0 Å². The Kier molecular flexibility index (Phi) is 3.74. The highest BCUT2D eigenvalue weighted by molar-refractivity contribution is 9.10. The molecule has 4 heteroatoms. The molecule has 1 heterocycles. The van der Waals surface area contributed by atoms with E-state index in [4.69, 9.17) is 4.52 Å². The smallest absolute Gasteiger partial charge is 0.128 e. The Bertz CT molecular complexity index is 442. The molecule has 2 rings (SSSR count). The fourth-order valence-corrected chi connectivity index (χ4v) is 1.90. The molecule has 3 nitrogen and oxygen atoms in total. The van der Waals surface area contributed by atoms with Gasteiger partial charge >= 0.3 is 0 Å². The van der Waals surface area contributed by atoms with Crippen LogP contribution in [0.25, 0.3) is 0 Å². The average Bonchev–Trinajstić information content (AvgIpc) is 2.78. The second kappa shape index (κ2) is 5.27. The second-order valence-electron chi connectivity index (χ2n) is 3.69. The molecule has 1 unspecified atom stereocenters. The van der Waals surface area contributed by atoms with Crippen molar-refractivity contribution in [1.82, 2.24) is 10.5 Å². The Morgan fingerprint density at radius 3 is 3.06 bits per heavy atom. The molecule has 16 heavy (non-hydrogen) atoms. The number of hydrogen-bond acceptors (Lipinski definition) is 3. The van der Waals surface area contributed by atoms with Crippen molar-refractivity contribution in [1.29, 1.82) is 0 Å². The predicted molar refractivity (Wildman–Crippen MR) is 65.9 cm³/mol. The summed E-state index contributed by atoms with van der Waals surface area (Å²) in [4.78, 5) is 0. The van der Waals surface area contributed by atoms with Crippen LogP contribution in [0.15, 0.2) is 45.7 Å². The number of halogens is 1. The van der Waals surface area contributed by atoms with Gasteiger partial charge in [0.1, 0.15) is 6.26 Å². The molecule has 0 saturated carbocycles. The van der Waals surface area contributed by atoms with Gasteiger partial charge in [0, 0.05) is 22.6 Å². The zero-order valence-electron chi connectivity index (χ0n) is 8.98. The van der Waals surface area contributed by atoms with Gasteiger partial charge in [-0.15, -0.1) is 0 Å². The normalized spacial score (nSPS) is 12.6. The van der Waals surface area contributed by atoms with E-state index in [0.29, 0.717) is 6.04 Å². The lowest BCUT2D eigenvalue weighted by Crippen LogP contribution is -2.17. The van der Waals surface area contributed by atoms with Gasteiger partial charge in [0.2, 0.25) is 0 Å². The first-order chi connectivity index (χ1) is 7.75. The van der Waals surface area contributed by atoms with E-state index in [9.17, 15) is 0 Å². The number of nitrogens with one attached hydrogen (secondary N) is 1. The maximum absolute atomic E-state index is 4.77. The van der Waals surface area contributed by atoms with Crippen LogP contribution in [0.2, 0.25) is 0 Å². The standard InChI is InChI=1S/C12H13BrN2O/c1-9(11-3-2-4-12(13)5-11)14-6-10-7-15-16-8-10/h2-5,7-9,14H,6H2,1H3. The van der Waals surface area contributed by atoms with Gasteiger partial charge in [-0.3, -0.25) is 0 Å². The fraction of sp³-hybridized carbons (Fsp3) is 0.250. The second-order valence-corrected chi connectivity index (χ2v) is 4.61. The molecular weight excluding hydrogens is 268 g/mol. The highest BCUT2D eigenvalue weighted by Crippen LogP contribution is 2.18. The first kappa shape index (κ1) is 11.4. The maximum Gasteiger partial charge on any atom is 0.128 e. The lowest BCUT2D eigenvalue weighted by molar-refractivity contribution is 0.418. The molecule has 1 aromatic carbocycles. The van der Waals surface area contributed by atoms with E-state index in [2.05, 4.69) is 45.5 Å². The molecule has 0 saturated heterocycles. The average molecular weight is 281 g/mol. The largest absolute Gasteiger partial charge is 0.364 e. The van der Waals surface area contributed by atoms with Crippen LogP contribution in [0.4, 0.5) is 0 Å². The topological polar surface area (TPSA) is 38.1 Å². The van der Waals surface area contributed by atoms with Gasteiger partial charge in [-0.1, -0.05) is 33.2 Å². The van der Waals surface area contributed by atoms with Gasteiger partial charge in [-0.05, 0) is 24.6 Å². The summed E-state index contributed by atoms with van der Waals surface area (Å²) in [6.07, 6.45) is 3.38. The Balaban J connectivity index is 1.95. The SMILES string of the molecule is CC(NCc1cnoc1)c1cccc(Br)c1. The van der Waals surface area contributed by atoms with Crippen molar-refractivity contribution in [2.75, 3.05) is 0 Å². The Hall–Kier alpha value is -1.13. The van der Waals surface area contributed by atoms with Crippen LogP contribution in [0.3, 0.4) is 0 Å². The molecule has 0 spiro atoms. The van der Waals surface area contributed by atoms with E-state index >= 15 is 0 Å². The van der Waals surface area contributed by atoms with Crippen molar-refractivity contribution in [2.45, 2.75) is 19.5 Å². The van der Waals surface area contributed by atoms with Crippen LogP contribution in [0.1, 0.15) is 24.1 Å². The van der Waals surface area contributed by atoms with Crippen molar-refractivity contribution < 1.29 is 4.52 Å². The molecule has 1 N–H and O–H groups in total. The Morgan fingerprint density at radius 2 is 2.38 bits per heavy atom. The van der Waals surface area contributed by atoms with E-state index in [1.54, 1.807) is 12.5 Å². The third-order valence-corrected chi connectivity index (χ3v) is 2.94. The molecule has 84 valence electrons. The number of rotatable bonds is 4. The molecule has 2 aromatic rings. The van der Waals surface area contributed by atoms with Crippen LogP contribution in [0.5, 0.6) is 0 Å². The quantitative estimate of drug-likeness (QED) is 0.934. The van der Waals surface area contributed by atoms with Gasteiger partial charge in [-0.2, -0.15) is 0 Å². The third kappa shape index (κ3) is 2.93. The van der Waals surface area contributed by atoms with Gasteiger partial charge in [-0.25, -0.2) is 0 Å². The Morgan fingerprint density at radius 1 is 1.50 bits per heavy atom. The third-order valence-electron chi connectivity index (χ3n) is 2.44. The summed E-state index contributed by atoms with van der Waals surface area (Å²) in [5.74, 6) is 0. The predicted octanol–water partition coefficient (Wildman–Crippen LogP) is 3.29. The molecule has 0 aliphatic rings. The van der Waals surface area contributed by atoms with E-state index in [0.717, 1.165) is 16.6 Å². The summed E-state index contributed by atoms with van der Waals surface area (Å²) in [6.45, 7) is 2.90. The van der Waals surface area contributed by atoms with Crippen LogP contribution in [-0.4, -0.2) is 5.16 Å². The molecule has 1 atom stereocenters. The van der Waals surface area contributed by atoms with E-state index in [-0.39, 0.29) is 0 Å². The fourth-order valence-electron chi connectivity index (χ4n) is 1.48. The zero-order valence-corrected chi connectivity index (χ0v) is 10.6. The molecule has 0 aliphatic carbocycles. The van der Waals surface area contributed by atoms with Gasteiger partial charge in [0.15, 0.2) is 0 Å². The van der Waals surface area contributed by atoms with E-state index in [1.807, 2.05) is 12.1 Å². The molecule has 0 radical (unpaired) electrons. The van der Waals surface area contributed by atoms with Crippen LogP contribution in [0, 0.1) is 0 Å². The first-order valence-corrected chi connectivity index (χ1v) is 5.92. The molecule has 1 aromatic heterocycles. The van der Waals surface area contributed by atoms with Gasteiger partial charge in [0.05, 0.1) is 6.20 Å². The van der Waals surface area contributed by atoms with Crippen molar-refractivity contribution in [3.63, 3.8) is 0 Å². The monoisotopic (exact) mass is 280 g/mol. The molecule has 0 aliphatic heterocycles. The minimum Gasteiger partial charge on any atom is -0.364 e. The summed E-state index contributed by atoms with van der Waals surface area (Å²) in [6, 6.07) is 8.58. The van der Waals surface area contributed by atoms with Crippen LogP contribution in [-0.2, 0) is 6.54 Å². The van der Waals surface area contributed by atoms with Crippen molar-refractivity contribution in [3.05, 3.63) is 52.3 Å².